The fourth-order valence-electron chi connectivity index (χ4n) is 3.15. The number of rotatable bonds is 4. The summed E-state index contributed by atoms with van der Waals surface area (Å²) in [5.41, 5.74) is 1.09. The Labute approximate surface area is 148 Å². The maximum Gasteiger partial charge on any atom is 0.265 e. The van der Waals surface area contributed by atoms with E-state index >= 15 is 0 Å². The highest BCUT2D eigenvalue weighted by Gasteiger charge is 2.32. The van der Waals surface area contributed by atoms with Gasteiger partial charge < -0.3 is 20.3 Å². The highest BCUT2D eigenvalue weighted by molar-refractivity contribution is 6.04. The number of fused-ring (bicyclic) bond motifs is 1. The predicted octanol–water partition coefficient (Wildman–Crippen LogP) is 2.04. The topological polar surface area (TPSA) is 70.7 Å². The van der Waals surface area contributed by atoms with Crippen molar-refractivity contribution in [3.8, 4) is 5.75 Å². The van der Waals surface area contributed by atoms with Gasteiger partial charge in [-0.2, -0.15) is 0 Å². The molecule has 24 heavy (non-hydrogen) atoms. The van der Waals surface area contributed by atoms with Gasteiger partial charge in [-0.15, -0.1) is 12.4 Å². The molecule has 0 bridgehead atoms. The first kappa shape index (κ1) is 18.5. The number of ether oxygens (including phenoxy) is 1. The minimum Gasteiger partial charge on any atom is -0.478 e. The van der Waals surface area contributed by atoms with Gasteiger partial charge in [0.2, 0.25) is 0 Å². The summed E-state index contributed by atoms with van der Waals surface area (Å²) in [7, 11) is 0. The number of nitrogens with zero attached hydrogens (tertiary/aromatic N) is 1. The molecule has 132 valence electrons. The van der Waals surface area contributed by atoms with Crippen LogP contribution in [0.3, 0.4) is 0 Å². The second kappa shape index (κ2) is 7.85. The quantitative estimate of drug-likeness (QED) is 0.869. The van der Waals surface area contributed by atoms with Crippen LogP contribution in [0.4, 0.5) is 5.69 Å². The predicted molar refractivity (Wildman–Crippen MR) is 95.0 cm³/mol. The Morgan fingerprint density at radius 3 is 2.88 bits per heavy atom. The van der Waals surface area contributed by atoms with Crippen molar-refractivity contribution >= 4 is 29.9 Å². The molecule has 1 saturated heterocycles. The lowest BCUT2D eigenvalue weighted by atomic mass is 10.1. The summed E-state index contributed by atoms with van der Waals surface area (Å²) in [6.07, 6.45) is 1.28. The second-order valence-electron chi connectivity index (χ2n) is 6.08. The van der Waals surface area contributed by atoms with Crippen LogP contribution in [0.5, 0.6) is 5.75 Å². The molecule has 1 aromatic rings. The summed E-state index contributed by atoms with van der Waals surface area (Å²) in [6, 6.07) is 5.53. The molecule has 2 atom stereocenters. The Balaban J connectivity index is 0.00000208. The van der Waals surface area contributed by atoms with E-state index in [1.54, 1.807) is 25.1 Å². The van der Waals surface area contributed by atoms with Crippen molar-refractivity contribution in [2.45, 2.75) is 38.8 Å². The van der Waals surface area contributed by atoms with Crippen LogP contribution in [0, 0.1) is 0 Å². The van der Waals surface area contributed by atoms with Gasteiger partial charge in [0, 0.05) is 19.1 Å². The molecule has 2 heterocycles. The zero-order valence-corrected chi connectivity index (χ0v) is 14.8. The Morgan fingerprint density at radius 2 is 2.21 bits per heavy atom. The van der Waals surface area contributed by atoms with E-state index in [2.05, 4.69) is 17.6 Å². The van der Waals surface area contributed by atoms with Crippen LogP contribution >= 0.6 is 12.4 Å². The molecular weight excluding hydrogens is 330 g/mol. The summed E-state index contributed by atoms with van der Waals surface area (Å²) in [4.78, 5) is 26.8. The van der Waals surface area contributed by atoms with Crippen molar-refractivity contribution < 1.29 is 14.3 Å². The SMILES string of the molecule is CCCN(C(=O)c1cccc2c1OC(C)C(=O)N2)C1CCNC1.Cl. The molecule has 2 N–H and O–H groups in total. The largest absolute Gasteiger partial charge is 0.478 e. The van der Waals surface area contributed by atoms with Crippen LogP contribution in [0.1, 0.15) is 37.0 Å². The standard InChI is InChI=1S/C17H23N3O3.ClH/c1-3-9-20(12-7-8-18-10-12)17(22)13-5-4-6-14-15(13)23-11(2)16(21)19-14;/h4-6,11-12,18H,3,7-10H2,1-2H3,(H,19,21);1H. The number of nitrogens with one attached hydrogen (secondary N) is 2. The molecule has 1 fully saturated rings. The van der Waals surface area contributed by atoms with Gasteiger partial charge >= 0.3 is 0 Å². The molecule has 0 saturated carbocycles. The van der Waals surface area contributed by atoms with Gasteiger partial charge in [0.05, 0.1) is 11.3 Å². The second-order valence-corrected chi connectivity index (χ2v) is 6.08. The molecule has 7 heteroatoms. The fraction of sp³-hybridized carbons (Fsp3) is 0.529. The van der Waals surface area contributed by atoms with E-state index in [0.29, 0.717) is 17.0 Å². The third-order valence-electron chi connectivity index (χ3n) is 4.37. The maximum atomic E-state index is 13.1. The Kier molecular flexibility index (Phi) is 6.07. The maximum absolute atomic E-state index is 13.1. The van der Waals surface area contributed by atoms with Gasteiger partial charge in [-0.3, -0.25) is 9.59 Å². The minimum atomic E-state index is -0.593. The third-order valence-corrected chi connectivity index (χ3v) is 4.37. The van der Waals surface area contributed by atoms with Gasteiger partial charge in [-0.05, 0) is 38.4 Å². The number of hydrogen-bond donors (Lipinski definition) is 2. The molecule has 6 nitrogen and oxygen atoms in total. The van der Waals surface area contributed by atoms with E-state index in [9.17, 15) is 9.59 Å². The normalized spacial score (nSPS) is 22.0. The van der Waals surface area contributed by atoms with E-state index in [-0.39, 0.29) is 30.3 Å². The van der Waals surface area contributed by atoms with E-state index in [1.807, 2.05) is 4.90 Å². The van der Waals surface area contributed by atoms with Gasteiger partial charge in [0.1, 0.15) is 0 Å². The van der Waals surface area contributed by atoms with Gasteiger partial charge in [0.25, 0.3) is 11.8 Å². The van der Waals surface area contributed by atoms with Gasteiger partial charge in [-0.25, -0.2) is 0 Å². The number of anilines is 1. The van der Waals surface area contributed by atoms with Crippen LogP contribution in [0.2, 0.25) is 0 Å². The zero-order valence-electron chi connectivity index (χ0n) is 14.0. The van der Waals surface area contributed by atoms with E-state index in [0.717, 1.165) is 32.5 Å². The molecule has 0 spiro atoms. The molecule has 2 unspecified atom stereocenters. The molecule has 2 amide bonds. The molecule has 0 radical (unpaired) electrons. The van der Waals surface area contributed by atoms with E-state index in [1.165, 1.54) is 0 Å². The molecular formula is C17H24ClN3O3. The number of amides is 2. The van der Waals surface area contributed by atoms with Crippen molar-refractivity contribution in [3.05, 3.63) is 23.8 Å². The van der Waals surface area contributed by atoms with Crippen LogP contribution in [0.15, 0.2) is 18.2 Å². The van der Waals surface area contributed by atoms with Crippen LogP contribution in [-0.2, 0) is 4.79 Å². The molecule has 2 aliphatic rings. The van der Waals surface area contributed by atoms with Gasteiger partial charge in [0.15, 0.2) is 11.9 Å². The van der Waals surface area contributed by atoms with Crippen molar-refractivity contribution in [1.29, 1.82) is 0 Å². The molecule has 2 aliphatic heterocycles. The Bertz CT molecular complexity index is 617. The van der Waals surface area contributed by atoms with E-state index < -0.39 is 6.10 Å². The first-order valence-electron chi connectivity index (χ1n) is 8.24. The van der Waals surface area contributed by atoms with Crippen LogP contribution in [-0.4, -0.2) is 48.5 Å². The Morgan fingerprint density at radius 1 is 1.42 bits per heavy atom. The number of carbonyl (C=O) groups excluding carboxylic acids is 2. The number of benzene rings is 1. The summed E-state index contributed by atoms with van der Waals surface area (Å²) in [5, 5.41) is 6.11. The number of carbonyl (C=O) groups is 2. The summed E-state index contributed by atoms with van der Waals surface area (Å²) in [6.45, 7) is 6.24. The number of hydrogen-bond acceptors (Lipinski definition) is 4. The monoisotopic (exact) mass is 353 g/mol. The first-order chi connectivity index (χ1) is 11.1. The van der Waals surface area contributed by atoms with E-state index in [4.69, 9.17) is 4.74 Å². The smallest absolute Gasteiger partial charge is 0.265 e. The Hall–Kier alpha value is -1.79. The van der Waals surface area contributed by atoms with Crippen molar-refractivity contribution in [2.24, 2.45) is 0 Å². The zero-order chi connectivity index (χ0) is 16.4. The van der Waals surface area contributed by atoms with Crippen LogP contribution < -0.4 is 15.4 Å². The van der Waals surface area contributed by atoms with Crippen molar-refractivity contribution in [1.82, 2.24) is 10.2 Å². The molecule has 1 aromatic carbocycles. The lowest BCUT2D eigenvalue weighted by molar-refractivity contribution is -0.122. The first-order valence-corrected chi connectivity index (χ1v) is 8.24. The minimum absolute atomic E-state index is 0. The summed E-state index contributed by atoms with van der Waals surface area (Å²) < 4.78 is 5.71. The van der Waals surface area contributed by atoms with Crippen molar-refractivity contribution in [3.63, 3.8) is 0 Å². The van der Waals surface area contributed by atoms with Crippen molar-refractivity contribution in [2.75, 3.05) is 25.0 Å². The lowest BCUT2D eigenvalue weighted by Gasteiger charge is -2.31. The highest BCUT2D eigenvalue weighted by Crippen LogP contribution is 2.34. The number of para-hydroxylation sites is 1. The summed E-state index contributed by atoms with van der Waals surface area (Å²) in [5.74, 6) is 0.268. The highest BCUT2D eigenvalue weighted by atomic mass is 35.5. The third kappa shape index (κ3) is 3.49. The fourth-order valence-corrected chi connectivity index (χ4v) is 3.15. The average Bonchev–Trinajstić information content (AvgIpc) is 3.06. The molecule has 3 rings (SSSR count). The molecule has 0 aliphatic carbocycles. The molecule has 0 aromatic heterocycles. The lowest BCUT2D eigenvalue weighted by Crippen LogP contribution is -2.43. The number of halogens is 1. The van der Waals surface area contributed by atoms with Crippen LogP contribution in [0.25, 0.3) is 0 Å². The summed E-state index contributed by atoms with van der Waals surface area (Å²) >= 11 is 0. The van der Waals surface area contributed by atoms with Gasteiger partial charge in [-0.1, -0.05) is 13.0 Å². The average molecular weight is 354 g/mol.